The normalized spacial score (nSPS) is 10.6. The lowest BCUT2D eigenvalue weighted by atomic mass is 10.1. The highest BCUT2D eigenvalue weighted by molar-refractivity contribution is 7.15. The number of amides is 1. The molecule has 0 fully saturated rings. The van der Waals surface area contributed by atoms with E-state index >= 15 is 0 Å². The van der Waals surface area contributed by atoms with Gasteiger partial charge in [-0.3, -0.25) is 9.89 Å². The number of nitrogens with zero attached hydrogens (tertiary/aromatic N) is 1. The number of aryl methyl sites for hydroxylation is 2. The number of rotatable bonds is 8. The molecule has 2 aromatic heterocycles. The van der Waals surface area contributed by atoms with Crippen molar-refractivity contribution in [3.63, 3.8) is 0 Å². The number of thiophene rings is 1. The standard InChI is InChI=1S/C20H23N3O4S/c1-12-5-9-16(28-12)14-11-17(23-22-14)21-18(24)10-7-13-6-8-15(25-2)20(27-4)19(13)26-3/h5-6,8-9,11H,7,10H2,1-4H3,(H2,21,22,23,24). The molecule has 2 N–H and O–H groups in total. The molecule has 0 radical (unpaired) electrons. The minimum Gasteiger partial charge on any atom is -0.493 e. The number of benzene rings is 1. The predicted octanol–water partition coefficient (Wildman–Crippen LogP) is 4.04. The Bertz CT molecular complexity index is 964. The van der Waals surface area contributed by atoms with Gasteiger partial charge >= 0.3 is 0 Å². The van der Waals surface area contributed by atoms with Crippen molar-refractivity contribution in [1.29, 1.82) is 0 Å². The summed E-state index contributed by atoms with van der Waals surface area (Å²) in [5.74, 6) is 2.05. The summed E-state index contributed by atoms with van der Waals surface area (Å²) in [6.45, 7) is 2.05. The number of carbonyl (C=O) groups is 1. The van der Waals surface area contributed by atoms with Gasteiger partial charge in [-0.1, -0.05) is 6.07 Å². The molecule has 0 aliphatic carbocycles. The minimum absolute atomic E-state index is 0.128. The summed E-state index contributed by atoms with van der Waals surface area (Å²) in [5, 5.41) is 9.95. The molecule has 148 valence electrons. The van der Waals surface area contributed by atoms with Crippen LogP contribution < -0.4 is 19.5 Å². The van der Waals surface area contributed by atoms with Gasteiger partial charge in [-0.15, -0.1) is 11.3 Å². The Balaban J connectivity index is 1.64. The van der Waals surface area contributed by atoms with Crippen LogP contribution in [0, 0.1) is 6.92 Å². The maximum atomic E-state index is 12.4. The van der Waals surface area contributed by atoms with Crippen LogP contribution in [0.4, 0.5) is 5.82 Å². The highest BCUT2D eigenvalue weighted by atomic mass is 32.1. The van der Waals surface area contributed by atoms with Gasteiger partial charge < -0.3 is 19.5 Å². The van der Waals surface area contributed by atoms with Gasteiger partial charge in [0.25, 0.3) is 0 Å². The molecule has 7 nitrogen and oxygen atoms in total. The van der Waals surface area contributed by atoms with Crippen LogP contribution in [0.25, 0.3) is 10.6 Å². The third-order valence-corrected chi connectivity index (χ3v) is 5.29. The van der Waals surface area contributed by atoms with Crippen molar-refractivity contribution in [3.8, 4) is 27.8 Å². The van der Waals surface area contributed by atoms with Crippen molar-refractivity contribution in [3.05, 3.63) is 40.8 Å². The highest BCUT2D eigenvalue weighted by Crippen LogP contribution is 2.40. The molecular formula is C20H23N3O4S. The molecule has 28 heavy (non-hydrogen) atoms. The Kier molecular flexibility index (Phi) is 6.20. The van der Waals surface area contributed by atoms with Crippen molar-refractivity contribution < 1.29 is 19.0 Å². The second-order valence-electron chi connectivity index (χ2n) is 6.12. The van der Waals surface area contributed by atoms with E-state index in [-0.39, 0.29) is 12.3 Å². The number of aromatic amines is 1. The average molecular weight is 401 g/mol. The lowest BCUT2D eigenvalue weighted by Crippen LogP contribution is -2.13. The molecule has 0 spiro atoms. The zero-order valence-corrected chi connectivity index (χ0v) is 17.1. The number of aromatic nitrogens is 2. The molecular weight excluding hydrogens is 378 g/mol. The first-order valence-corrected chi connectivity index (χ1v) is 9.57. The molecule has 1 aromatic carbocycles. The maximum absolute atomic E-state index is 12.4. The van der Waals surface area contributed by atoms with E-state index in [0.717, 1.165) is 16.1 Å². The monoisotopic (exact) mass is 401 g/mol. The topological polar surface area (TPSA) is 85.5 Å². The molecule has 0 saturated carbocycles. The van der Waals surface area contributed by atoms with Gasteiger partial charge in [-0.05, 0) is 37.1 Å². The second-order valence-corrected chi connectivity index (χ2v) is 7.41. The summed E-state index contributed by atoms with van der Waals surface area (Å²) in [6, 6.07) is 9.59. The van der Waals surface area contributed by atoms with Crippen molar-refractivity contribution >= 4 is 23.1 Å². The molecule has 3 aromatic rings. The van der Waals surface area contributed by atoms with Gasteiger partial charge in [-0.2, -0.15) is 5.10 Å². The number of carbonyl (C=O) groups excluding carboxylic acids is 1. The quantitative estimate of drug-likeness (QED) is 0.595. The van der Waals surface area contributed by atoms with E-state index in [1.807, 2.05) is 18.2 Å². The number of hydrogen-bond donors (Lipinski definition) is 2. The Hall–Kier alpha value is -3.00. The first-order valence-electron chi connectivity index (χ1n) is 8.75. The number of H-pyrrole nitrogens is 1. The van der Waals surface area contributed by atoms with Crippen molar-refractivity contribution in [2.45, 2.75) is 19.8 Å². The smallest absolute Gasteiger partial charge is 0.225 e. The average Bonchev–Trinajstić information content (AvgIpc) is 3.34. The summed E-state index contributed by atoms with van der Waals surface area (Å²) < 4.78 is 16.1. The summed E-state index contributed by atoms with van der Waals surface area (Å²) in [4.78, 5) is 14.7. The SMILES string of the molecule is COc1ccc(CCC(=O)Nc2cc(-c3ccc(C)s3)[nH]n2)c(OC)c1OC. The Morgan fingerprint density at radius 3 is 2.54 bits per heavy atom. The third-order valence-electron chi connectivity index (χ3n) is 4.26. The van der Waals surface area contributed by atoms with Crippen LogP contribution in [-0.2, 0) is 11.2 Å². The van der Waals surface area contributed by atoms with Crippen LogP contribution in [0.15, 0.2) is 30.3 Å². The van der Waals surface area contributed by atoms with Gasteiger partial charge in [0.1, 0.15) is 0 Å². The first kappa shape index (κ1) is 19.8. The minimum atomic E-state index is -0.128. The Morgan fingerprint density at radius 2 is 1.89 bits per heavy atom. The summed E-state index contributed by atoms with van der Waals surface area (Å²) in [7, 11) is 4.69. The number of nitrogens with one attached hydrogen (secondary N) is 2. The van der Waals surface area contributed by atoms with Gasteiger partial charge in [0.05, 0.1) is 31.9 Å². The van der Waals surface area contributed by atoms with Crippen molar-refractivity contribution in [2.75, 3.05) is 26.6 Å². The van der Waals surface area contributed by atoms with Crippen LogP contribution >= 0.6 is 11.3 Å². The number of anilines is 1. The van der Waals surface area contributed by atoms with E-state index in [1.54, 1.807) is 38.7 Å². The molecule has 3 rings (SSSR count). The molecule has 0 aliphatic heterocycles. The molecule has 0 bridgehead atoms. The van der Waals surface area contributed by atoms with E-state index in [2.05, 4.69) is 28.5 Å². The molecule has 0 atom stereocenters. The summed E-state index contributed by atoms with van der Waals surface area (Å²) in [5.41, 5.74) is 1.75. The van der Waals surface area contributed by atoms with Gasteiger partial charge in [0, 0.05) is 17.4 Å². The molecule has 1 amide bonds. The summed E-state index contributed by atoms with van der Waals surface area (Å²) >= 11 is 1.67. The lowest BCUT2D eigenvalue weighted by molar-refractivity contribution is -0.116. The van der Waals surface area contributed by atoms with E-state index < -0.39 is 0 Å². The van der Waals surface area contributed by atoms with Gasteiger partial charge in [0.15, 0.2) is 17.3 Å². The fraction of sp³-hybridized carbons (Fsp3) is 0.300. The number of ether oxygens (including phenoxy) is 3. The fourth-order valence-electron chi connectivity index (χ4n) is 2.90. The van der Waals surface area contributed by atoms with Crippen LogP contribution in [0.2, 0.25) is 0 Å². The highest BCUT2D eigenvalue weighted by Gasteiger charge is 2.17. The molecule has 2 heterocycles. The Labute approximate surface area is 167 Å². The lowest BCUT2D eigenvalue weighted by Gasteiger charge is -2.15. The first-order chi connectivity index (χ1) is 13.5. The van der Waals surface area contributed by atoms with E-state index in [9.17, 15) is 4.79 Å². The van der Waals surface area contributed by atoms with Crippen molar-refractivity contribution in [1.82, 2.24) is 10.2 Å². The van der Waals surface area contributed by atoms with Gasteiger partial charge in [0.2, 0.25) is 11.7 Å². The maximum Gasteiger partial charge on any atom is 0.225 e. The van der Waals surface area contributed by atoms with E-state index in [4.69, 9.17) is 14.2 Å². The molecule has 8 heteroatoms. The molecule has 0 aliphatic rings. The van der Waals surface area contributed by atoms with Crippen LogP contribution in [0.1, 0.15) is 16.9 Å². The van der Waals surface area contributed by atoms with Crippen molar-refractivity contribution in [2.24, 2.45) is 0 Å². The summed E-state index contributed by atoms with van der Waals surface area (Å²) in [6.07, 6.45) is 0.781. The predicted molar refractivity (Wildman–Crippen MR) is 110 cm³/mol. The Morgan fingerprint density at radius 1 is 1.11 bits per heavy atom. The number of methoxy groups -OCH3 is 3. The van der Waals surface area contributed by atoms with Gasteiger partial charge in [-0.25, -0.2) is 0 Å². The van der Waals surface area contributed by atoms with Crippen LogP contribution in [-0.4, -0.2) is 37.4 Å². The zero-order valence-electron chi connectivity index (χ0n) is 16.3. The van der Waals surface area contributed by atoms with Crippen LogP contribution in [0.3, 0.4) is 0 Å². The molecule has 0 unspecified atom stereocenters. The van der Waals surface area contributed by atoms with E-state index in [0.29, 0.717) is 29.5 Å². The van der Waals surface area contributed by atoms with E-state index in [1.165, 1.54) is 4.88 Å². The third kappa shape index (κ3) is 4.28. The number of hydrogen-bond acceptors (Lipinski definition) is 6. The second kappa shape index (κ2) is 8.79. The molecule has 0 saturated heterocycles. The largest absolute Gasteiger partial charge is 0.493 e. The fourth-order valence-corrected chi connectivity index (χ4v) is 3.74. The zero-order chi connectivity index (χ0) is 20.1. The van der Waals surface area contributed by atoms with Crippen LogP contribution in [0.5, 0.6) is 17.2 Å².